The Hall–Kier alpha value is -3.20. The highest BCUT2D eigenvalue weighted by Gasteiger charge is 2.23. The predicted octanol–water partition coefficient (Wildman–Crippen LogP) is 3.85. The van der Waals surface area contributed by atoms with Gasteiger partial charge in [-0.15, -0.1) is 0 Å². The van der Waals surface area contributed by atoms with Gasteiger partial charge in [0.1, 0.15) is 11.0 Å². The van der Waals surface area contributed by atoms with Crippen LogP contribution in [-0.4, -0.2) is 40.2 Å². The average molecular weight is 414 g/mol. The van der Waals surface area contributed by atoms with E-state index in [4.69, 9.17) is 11.6 Å². The second kappa shape index (κ2) is 7.00. The molecule has 10 heteroatoms. The lowest BCUT2D eigenvalue weighted by molar-refractivity contribution is 0.201. The standard InChI is InChI=1S/C19H20ClN7O2/c1-10(2)14-7-21-27-16(6-15(20)24-17(14)27)26(19(28)29)9-13-8-25-12(4)5-11(3)22-18(25)23-13/h5-8,10H,9H2,1-4H3,(H,28,29). The fraction of sp³-hybridized carbons (Fsp3) is 0.316. The number of carboxylic acid groups (broad SMARTS) is 1. The number of carbonyl (C=O) groups is 1. The van der Waals surface area contributed by atoms with Crippen molar-refractivity contribution < 1.29 is 9.90 Å². The second-order valence-corrected chi connectivity index (χ2v) is 7.62. The maximum absolute atomic E-state index is 12.1. The molecule has 0 fully saturated rings. The molecule has 0 aliphatic heterocycles. The first-order chi connectivity index (χ1) is 13.7. The van der Waals surface area contributed by atoms with Crippen molar-refractivity contribution in [2.75, 3.05) is 4.90 Å². The van der Waals surface area contributed by atoms with Gasteiger partial charge >= 0.3 is 6.09 Å². The molecular weight excluding hydrogens is 394 g/mol. The molecule has 1 N–H and O–H groups in total. The third-order valence-corrected chi connectivity index (χ3v) is 4.90. The summed E-state index contributed by atoms with van der Waals surface area (Å²) in [7, 11) is 0. The van der Waals surface area contributed by atoms with Gasteiger partial charge in [0.25, 0.3) is 0 Å². The maximum atomic E-state index is 12.1. The molecule has 9 nitrogen and oxygen atoms in total. The van der Waals surface area contributed by atoms with Crippen molar-refractivity contribution in [1.82, 2.24) is 29.0 Å². The molecule has 4 aromatic heterocycles. The van der Waals surface area contributed by atoms with E-state index in [0.717, 1.165) is 21.9 Å². The van der Waals surface area contributed by atoms with E-state index in [-0.39, 0.29) is 17.6 Å². The van der Waals surface area contributed by atoms with Crippen LogP contribution in [0.3, 0.4) is 0 Å². The van der Waals surface area contributed by atoms with Crippen molar-refractivity contribution in [3.05, 3.63) is 52.3 Å². The third-order valence-electron chi connectivity index (χ3n) is 4.71. The molecule has 29 heavy (non-hydrogen) atoms. The summed E-state index contributed by atoms with van der Waals surface area (Å²) in [5.74, 6) is 1.000. The number of halogens is 1. The van der Waals surface area contributed by atoms with Gasteiger partial charge in [-0.2, -0.15) is 9.61 Å². The summed E-state index contributed by atoms with van der Waals surface area (Å²) in [6.07, 6.45) is 2.33. The first-order valence-corrected chi connectivity index (χ1v) is 9.49. The largest absolute Gasteiger partial charge is 0.465 e. The molecule has 0 spiro atoms. The number of aromatic nitrogens is 6. The number of rotatable bonds is 4. The number of imidazole rings is 1. The van der Waals surface area contributed by atoms with Gasteiger partial charge in [0.05, 0.1) is 18.4 Å². The molecular formula is C19H20ClN7O2. The van der Waals surface area contributed by atoms with Crippen LogP contribution in [0.5, 0.6) is 0 Å². The summed E-state index contributed by atoms with van der Waals surface area (Å²) in [6, 6.07) is 3.43. The quantitative estimate of drug-likeness (QED) is 0.510. The Bertz CT molecular complexity index is 1240. The number of fused-ring (bicyclic) bond motifs is 2. The summed E-state index contributed by atoms with van der Waals surface area (Å²) in [5.41, 5.74) is 3.81. The highest BCUT2D eigenvalue weighted by molar-refractivity contribution is 6.29. The van der Waals surface area contributed by atoms with Crippen LogP contribution >= 0.6 is 11.6 Å². The Morgan fingerprint density at radius 1 is 1.24 bits per heavy atom. The molecule has 4 rings (SSSR count). The highest BCUT2D eigenvalue weighted by Crippen LogP contribution is 2.27. The number of nitrogens with zero attached hydrogens (tertiary/aromatic N) is 7. The van der Waals surface area contributed by atoms with E-state index in [0.29, 0.717) is 22.9 Å². The zero-order valence-corrected chi connectivity index (χ0v) is 17.2. The number of hydrogen-bond acceptors (Lipinski definition) is 5. The number of amides is 1. The number of hydrogen-bond donors (Lipinski definition) is 1. The summed E-state index contributed by atoms with van der Waals surface area (Å²) < 4.78 is 3.33. The van der Waals surface area contributed by atoms with E-state index < -0.39 is 6.09 Å². The molecule has 0 unspecified atom stereocenters. The van der Waals surface area contributed by atoms with Crippen molar-refractivity contribution in [2.24, 2.45) is 0 Å². The van der Waals surface area contributed by atoms with Crippen LogP contribution in [0, 0.1) is 13.8 Å². The van der Waals surface area contributed by atoms with Gasteiger partial charge in [-0.1, -0.05) is 25.4 Å². The molecule has 0 aromatic carbocycles. The Morgan fingerprint density at radius 2 is 2.00 bits per heavy atom. The summed E-state index contributed by atoms with van der Waals surface area (Å²) in [5, 5.41) is 14.4. The zero-order chi connectivity index (χ0) is 20.9. The monoisotopic (exact) mass is 413 g/mol. The Labute approximate surface area is 171 Å². The predicted molar refractivity (Wildman–Crippen MR) is 109 cm³/mol. The molecule has 150 valence electrons. The molecule has 4 heterocycles. The van der Waals surface area contributed by atoms with Gasteiger partial charge < -0.3 is 5.11 Å². The summed E-state index contributed by atoms with van der Waals surface area (Å²) >= 11 is 6.21. The van der Waals surface area contributed by atoms with E-state index in [1.54, 1.807) is 12.4 Å². The van der Waals surface area contributed by atoms with Crippen molar-refractivity contribution >= 4 is 34.9 Å². The maximum Gasteiger partial charge on any atom is 0.413 e. The molecule has 0 bridgehead atoms. The minimum absolute atomic E-state index is 0.0174. The SMILES string of the molecule is Cc1cc(C)n2cc(CN(C(=O)O)c3cc(Cl)nc4c(C(C)C)cnn34)nc2n1. The molecule has 1 amide bonds. The highest BCUT2D eigenvalue weighted by atomic mass is 35.5. The van der Waals surface area contributed by atoms with Crippen LogP contribution < -0.4 is 4.90 Å². The second-order valence-electron chi connectivity index (χ2n) is 7.24. The lowest BCUT2D eigenvalue weighted by Gasteiger charge is -2.19. The zero-order valence-electron chi connectivity index (χ0n) is 16.5. The number of anilines is 1. The van der Waals surface area contributed by atoms with Crippen molar-refractivity contribution in [3.8, 4) is 0 Å². The topological polar surface area (TPSA) is 101 Å². The lowest BCUT2D eigenvalue weighted by Crippen LogP contribution is -2.31. The average Bonchev–Trinajstić information content (AvgIpc) is 3.22. The lowest BCUT2D eigenvalue weighted by atomic mass is 10.1. The Morgan fingerprint density at radius 3 is 2.69 bits per heavy atom. The van der Waals surface area contributed by atoms with Crippen molar-refractivity contribution in [3.63, 3.8) is 0 Å². The van der Waals surface area contributed by atoms with Crippen molar-refractivity contribution in [1.29, 1.82) is 0 Å². The molecule has 0 radical (unpaired) electrons. The van der Waals surface area contributed by atoms with Crippen LogP contribution in [0.1, 0.15) is 42.4 Å². The van der Waals surface area contributed by atoms with Gasteiger partial charge in [-0.25, -0.2) is 19.7 Å². The molecule has 0 aliphatic rings. The molecule has 0 atom stereocenters. The van der Waals surface area contributed by atoms with Crippen LogP contribution in [0.25, 0.3) is 11.4 Å². The first-order valence-electron chi connectivity index (χ1n) is 9.11. The van der Waals surface area contributed by atoms with E-state index in [1.807, 2.05) is 38.2 Å². The van der Waals surface area contributed by atoms with Gasteiger partial charge in [0.2, 0.25) is 5.78 Å². The van der Waals surface area contributed by atoms with Gasteiger partial charge in [0.15, 0.2) is 5.65 Å². The fourth-order valence-electron chi connectivity index (χ4n) is 3.34. The van der Waals surface area contributed by atoms with Gasteiger partial charge in [0, 0.05) is 29.2 Å². The van der Waals surface area contributed by atoms with E-state index in [2.05, 4.69) is 20.1 Å². The molecule has 0 saturated heterocycles. The van der Waals surface area contributed by atoms with Crippen LogP contribution in [-0.2, 0) is 6.54 Å². The normalized spacial score (nSPS) is 11.7. The third kappa shape index (κ3) is 3.38. The first kappa shape index (κ1) is 19.1. The minimum Gasteiger partial charge on any atom is -0.465 e. The van der Waals surface area contributed by atoms with Crippen LogP contribution in [0.2, 0.25) is 5.15 Å². The summed E-state index contributed by atoms with van der Waals surface area (Å²) in [6.45, 7) is 7.89. The van der Waals surface area contributed by atoms with E-state index in [9.17, 15) is 9.90 Å². The Balaban J connectivity index is 1.81. The van der Waals surface area contributed by atoms with E-state index >= 15 is 0 Å². The smallest absolute Gasteiger partial charge is 0.413 e. The van der Waals surface area contributed by atoms with Crippen molar-refractivity contribution in [2.45, 2.75) is 40.2 Å². The fourth-order valence-corrected chi connectivity index (χ4v) is 3.52. The summed E-state index contributed by atoms with van der Waals surface area (Å²) in [4.78, 5) is 26.5. The molecule has 0 aliphatic carbocycles. The van der Waals surface area contributed by atoms with E-state index in [1.165, 1.54) is 10.6 Å². The Kier molecular flexibility index (Phi) is 4.62. The number of aryl methyl sites for hydroxylation is 2. The molecule has 4 aromatic rings. The van der Waals surface area contributed by atoms with Crippen LogP contribution in [0.4, 0.5) is 10.6 Å². The van der Waals surface area contributed by atoms with Crippen LogP contribution in [0.15, 0.2) is 24.5 Å². The molecule has 0 saturated carbocycles. The minimum atomic E-state index is -1.15. The van der Waals surface area contributed by atoms with Gasteiger partial charge in [-0.05, 0) is 25.8 Å². The van der Waals surface area contributed by atoms with Gasteiger partial charge in [-0.3, -0.25) is 9.30 Å².